The number of aromatic amines is 1. The molecule has 0 unspecified atom stereocenters. The lowest BCUT2D eigenvalue weighted by molar-refractivity contribution is -0.122. The van der Waals surface area contributed by atoms with Crippen LogP contribution >= 0.6 is 0 Å². The Labute approximate surface area is 171 Å². The quantitative estimate of drug-likeness (QED) is 0.627. The third kappa shape index (κ3) is 6.72. The molecule has 3 rings (SSSR count). The minimum Gasteiger partial charge on any atom is -0.483 e. The fourth-order valence-corrected chi connectivity index (χ4v) is 3.24. The maximum atomic E-state index is 12.3. The van der Waals surface area contributed by atoms with Crippen molar-refractivity contribution in [2.24, 2.45) is 0 Å². The number of carbonyl (C=O) groups is 2. The van der Waals surface area contributed by atoms with Gasteiger partial charge in [-0.3, -0.25) is 9.69 Å². The molecule has 1 aliphatic rings. The first-order chi connectivity index (χ1) is 14.0. The first kappa shape index (κ1) is 22.6. The van der Waals surface area contributed by atoms with Gasteiger partial charge in [0.25, 0.3) is 6.47 Å². The molecule has 29 heavy (non-hydrogen) atoms. The van der Waals surface area contributed by atoms with Crippen molar-refractivity contribution in [1.82, 2.24) is 25.1 Å². The van der Waals surface area contributed by atoms with E-state index in [9.17, 15) is 4.79 Å². The molecule has 2 aromatic rings. The number of carboxylic acid groups (broad SMARTS) is 1. The van der Waals surface area contributed by atoms with E-state index in [0.29, 0.717) is 13.0 Å². The summed E-state index contributed by atoms with van der Waals surface area (Å²) in [5.41, 5.74) is 4.54. The number of aromatic nitrogens is 2. The lowest BCUT2D eigenvalue weighted by Crippen LogP contribution is -2.52. The normalized spacial score (nSPS) is 14.4. The van der Waals surface area contributed by atoms with Gasteiger partial charge >= 0.3 is 6.03 Å². The van der Waals surface area contributed by atoms with Crippen LogP contribution in [0.25, 0.3) is 11.0 Å². The molecule has 3 N–H and O–H groups in total. The van der Waals surface area contributed by atoms with Crippen LogP contribution in [0.5, 0.6) is 0 Å². The number of piperazine rings is 1. The van der Waals surface area contributed by atoms with E-state index in [1.807, 2.05) is 4.90 Å². The number of urea groups is 1. The lowest BCUT2D eigenvalue weighted by atomic mass is 10.1. The van der Waals surface area contributed by atoms with Crippen molar-refractivity contribution in [3.8, 4) is 0 Å². The van der Waals surface area contributed by atoms with Gasteiger partial charge in [-0.1, -0.05) is 0 Å². The maximum absolute atomic E-state index is 12.3. The highest BCUT2D eigenvalue weighted by molar-refractivity contribution is 5.77. The SMILES string of the molecule is COCCN1CCN(C(=O)NCCc2nc3cc(C)c(C)cc3[nH]2)CC1.O=CO. The molecule has 2 amide bonds. The molecule has 1 aromatic carbocycles. The number of fused-ring (bicyclic) bond motifs is 1. The summed E-state index contributed by atoms with van der Waals surface area (Å²) in [6, 6.07) is 4.24. The molecule has 1 aromatic heterocycles. The van der Waals surface area contributed by atoms with Crippen molar-refractivity contribution < 1.29 is 19.4 Å². The van der Waals surface area contributed by atoms with Crippen LogP contribution in [0, 0.1) is 13.8 Å². The maximum Gasteiger partial charge on any atom is 0.317 e. The minimum absolute atomic E-state index is 0.0131. The topological polar surface area (TPSA) is 111 Å². The number of aryl methyl sites for hydroxylation is 2. The second-order valence-electron chi connectivity index (χ2n) is 7.05. The summed E-state index contributed by atoms with van der Waals surface area (Å²) in [6.45, 7) is 9.53. The molecular weight excluding hydrogens is 374 g/mol. The van der Waals surface area contributed by atoms with E-state index >= 15 is 0 Å². The fourth-order valence-electron chi connectivity index (χ4n) is 3.24. The number of hydrogen-bond acceptors (Lipinski definition) is 5. The predicted octanol–water partition coefficient (Wildman–Crippen LogP) is 1.40. The Bertz CT molecular complexity index is 761. The first-order valence-electron chi connectivity index (χ1n) is 9.76. The Balaban J connectivity index is 0.000000941. The third-order valence-electron chi connectivity index (χ3n) is 5.06. The summed E-state index contributed by atoms with van der Waals surface area (Å²) < 4.78 is 5.11. The van der Waals surface area contributed by atoms with Crippen molar-refractivity contribution in [3.05, 3.63) is 29.1 Å². The van der Waals surface area contributed by atoms with Crippen molar-refractivity contribution in [2.75, 3.05) is 53.0 Å². The molecule has 1 aliphatic heterocycles. The molecule has 160 valence electrons. The average molecular weight is 405 g/mol. The van der Waals surface area contributed by atoms with Crippen LogP contribution in [0.2, 0.25) is 0 Å². The lowest BCUT2D eigenvalue weighted by Gasteiger charge is -2.34. The number of methoxy groups -OCH3 is 1. The Hall–Kier alpha value is -2.65. The molecule has 0 atom stereocenters. The van der Waals surface area contributed by atoms with Gasteiger partial charge < -0.3 is 25.0 Å². The molecule has 2 heterocycles. The Kier molecular flexibility index (Phi) is 8.88. The number of ether oxygens (including phenoxy) is 1. The summed E-state index contributed by atoms with van der Waals surface area (Å²) in [4.78, 5) is 32.9. The van der Waals surface area contributed by atoms with Gasteiger partial charge in [0, 0.05) is 52.8 Å². The largest absolute Gasteiger partial charge is 0.483 e. The molecule has 1 saturated heterocycles. The van der Waals surface area contributed by atoms with Crippen LogP contribution in [0.1, 0.15) is 17.0 Å². The van der Waals surface area contributed by atoms with Gasteiger partial charge in [-0.05, 0) is 37.1 Å². The fraction of sp³-hybridized carbons (Fsp3) is 0.550. The summed E-state index contributed by atoms with van der Waals surface area (Å²) >= 11 is 0. The smallest absolute Gasteiger partial charge is 0.317 e. The zero-order valence-electron chi connectivity index (χ0n) is 17.4. The second-order valence-corrected chi connectivity index (χ2v) is 7.05. The van der Waals surface area contributed by atoms with E-state index in [2.05, 4.69) is 46.2 Å². The molecule has 9 nitrogen and oxygen atoms in total. The van der Waals surface area contributed by atoms with Crippen LogP contribution in [0.15, 0.2) is 12.1 Å². The Morgan fingerprint density at radius 3 is 2.59 bits per heavy atom. The molecule has 9 heteroatoms. The summed E-state index contributed by atoms with van der Waals surface area (Å²) in [7, 11) is 1.72. The second kappa shape index (κ2) is 11.4. The molecule has 0 bridgehead atoms. The van der Waals surface area contributed by atoms with Crippen LogP contribution in [0.3, 0.4) is 0 Å². The standard InChI is InChI=1S/C19H29N5O2.CH2O2/c1-14-12-16-17(13-15(14)2)22-18(21-16)4-5-20-19(25)24-8-6-23(7-9-24)10-11-26-3;2-1-3/h12-13H,4-11H2,1-3H3,(H,20,25)(H,21,22);1H,(H,2,3). The zero-order valence-corrected chi connectivity index (χ0v) is 17.4. The zero-order chi connectivity index (χ0) is 21.2. The predicted molar refractivity (Wildman–Crippen MR) is 111 cm³/mol. The Morgan fingerprint density at radius 2 is 1.93 bits per heavy atom. The van der Waals surface area contributed by atoms with Crippen molar-refractivity contribution in [2.45, 2.75) is 20.3 Å². The number of amides is 2. The summed E-state index contributed by atoms with van der Waals surface area (Å²) in [5, 5.41) is 9.90. The first-order valence-corrected chi connectivity index (χ1v) is 9.76. The highest BCUT2D eigenvalue weighted by Gasteiger charge is 2.20. The number of rotatable bonds is 6. The number of carbonyl (C=O) groups excluding carboxylic acids is 1. The van der Waals surface area contributed by atoms with E-state index in [4.69, 9.17) is 14.6 Å². The minimum atomic E-state index is -0.250. The number of H-pyrrole nitrogens is 1. The van der Waals surface area contributed by atoms with Gasteiger partial charge in [-0.15, -0.1) is 0 Å². The van der Waals surface area contributed by atoms with Crippen molar-refractivity contribution >= 4 is 23.5 Å². The highest BCUT2D eigenvalue weighted by atomic mass is 16.5. The van der Waals surface area contributed by atoms with E-state index in [-0.39, 0.29) is 12.5 Å². The van der Waals surface area contributed by atoms with Gasteiger partial charge in [0.1, 0.15) is 5.82 Å². The average Bonchev–Trinajstić information content (AvgIpc) is 3.09. The highest BCUT2D eigenvalue weighted by Crippen LogP contribution is 2.17. The Morgan fingerprint density at radius 1 is 1.28 bits per heavy atom. The van der Waals surface area contributed by atoms with Gasteiger partial charge in [0.05, 0.1) is 17.6 Å². The van der Waals surface area contributed by atoms with Gasteiger partial charge in [0.2, 0.25) is 0 Å². The van der Waals surface area contributed by atoms with Gasteiger partial charge in [-0.2, -0.15) is 0 Å². The third-order valence-corrected chi connectivity index (χ3v) is 5.06. The molecule has 0 aliphatic carbocycles. The van der Waals surface area contributed by atoms with Crippen LogP contribution < -0.4 is 5.32 Å². The van der Waals surface area contributed by atoms with E-state index in [0.717, 1.165) is 56.2 Å². The number of imidazole rings is 1. The van der Waals surface area contributed by atoms with E-state index in [1.165, 1.54) is 11.1 Å². The van der Waals surface area contributed by atoms with Crippen LogP contribution in [-0.4, -0.2) is 90.4 Å². The van der Waals surface area contributed by atoms with Crippen LogP contribution in [-0.2, 0) is 16.0 Å². The molecule has 0 spiro atoms. The number of hydrogen-bond donors (Lipinski definition) is 3. The number of benzene rings is 1. The monoisotopic (exact) mass is 405 g/mol. The van der Waals surface area contributed by atoms with Crippen LogP contribution in [0.4, 0.5) is 4.79 Å². The molecular formula is C20H31N5O4. The van der Waals surface area contributed by atoms with E-state index < -0.39 is 0 Å². The summed E-state index contributed by atoms with van der Waals surface area (Å²) in [6.07, 6.45) is 0.701. The van der Waals surface area contributed by atoms with Gasteiger partial charge in [0.15, 0.2) is 0 Å². The molecule has 1 fully saturated rings. The van der Waals surface area contributed by atoms with Crippen molar-refractivity contribution in [1.29, 1.82) is 0 Å². The molecule has 0 saturated carbocycles. The summed E-state index contributed by atoms with van der Waals surface area (Å²) in [5.74, 6) is 0.912. The van der Waals surface area contributed by atoms with Gasteiger partial charge in [-0.25, -0.2) is 9.78 Å². The number of nitrogens with zero attached hydrogens (tertiary/aromatic N) is 3. The van der Waals surface area contributed by atoms with E-state index in [1.54, 1.807) is 7.11 Å². The molecule has 0 radical (unpaired) electrons. The number of nitrogens with one attached hydrogen (secondary N) is 2. The van der Waals surface area contributed by atoms with Crippen molar-refractivity contribution in [3.63, 3.8) is 0 Å².